The smallest absolute Gasteiger partial charge is 0.0920 e. The fourth-order valence-corrected chi connectivity index (χ4v) is 8.37. The number of fused-ring (bicyclic) bond motifs is 4. The Kier molecular flexibility index (Phi) is 9.65. The molecule has 4 aliphatic heterocycles. The fourth-order valence-electron chi connectivity index (χ4n) is 8.37. The van der Waals surface area contributed by atoms with Crippen LogP contribution in [0.1, 0.15) is 132 Å². The molecule has 4 saturated heterocycles. The minimum Gasteiger partial charge on any atom is -0.366 e. The Balaban J connectivity index is 0.000000116. The van der Waals surface area contributed by atoms with Crippen LogP contribution in [-0.4, -0.2) is 46.8 Å². The average molecular weight is 609 g/mol. The summed E-state index contributed by atoms with van der Waals surface area (Å²) in [5, 5.41) is 0. The largest absolute Gasteiger partial charge is 0.366 e. The molecule has 4 heterocycles. The lowest BCUT2D eigenvalue weighted by atomic mass is 9.80. The van der Waals surface area contributed by atoms with E-state index in [9.17, 15) is 0 Å². The molecule has 4 aliphatic carbocycles. The molecule has 4 saturated carbocycles. The van der Waals surface area contributed by atoms with Crippen molar-refractivity contribution in [1.29, 1.82) is 0 Å². The lowest BCUT2D eigenvalue weighted by molar-refractivity contribution is 0.302. The minimum absolute atomic E-state index is 0.270. The Bertz CT molecular complexity index is 964. The zero-order valence-electron chi connectivity index (χ0n) is 29.6. The number of allylic oxidation sites excluding steroid dienone is 4. The zero-order valence-corrected chi connectivity index (χ0v) is 29.6. The monoisotopic (exact) mass is 608 g/mol. The first kappa shape index (κ1) is 34.1. The van der Waals surface area contributed by atoms with E-state index in [4.69, 9.17) is 18.9 Å². The highest BCUT2D eigenvalue weighted by molar-refractivity contribution is 5.12. The van der Waals surface area contributed by atoms with E-state index in [1.54, 1.807) is 0 Å². The van der Waals surface area contributed by atoms with Gasteiger partial charge in [0.05, 0.1) is 46.8 Å². The number of hydrogen-bond acceptors (Lipinski definition) is 4. The lowest BCUT2D eigenvalue weighted by Gasteiger charge is -2.22. The molecule has 0 unspecified atom stereocenters. The molecule has 0 N–H and O–H groups in total. The van der Waals surface area contributed by atoms with Gasteiger partial charge in [-0.15, -0.1) is 0 Å². The van der Waals surface area contributed by atoms with Gasteiger partial charge >= 0.3 is 0 Å². The van der Waals surface area contributed by atoms with E-state index in [1.165, 1.54) is 99.3 Å². The lowest BCUT2D eigenvalue weighted by Crippen LogP contribution is -2.21. The van der Waals surface area contributed by atoms with Crippen LogP contribution < -0.4 is 0 Å². The molecule has 8 aliphatic rings. The Morgan fingerprint density at radius 3 is 0.727 bits per heavy atom. The minimum atomic E-state index is 0.270. The maximum atomic E-state index is 5.60. The summed E-state index contributed by atoms with van der Waals surface area (Å²) in [6.45, 7) is 33.4. The van der Waals surface area contributed by atoms with Crippen molar-refractivity contribution in [1.82, 2.24) is 0 Å². The number of ether oxygens (including phenoxy) is 4. The maximum absolute atomic E-state index is 5.60. The molecule has 0 aromatic heterocycles. The summed E-state index contributed by atoms with van der Waals surface area (Å²) in [7, 11) is 0. The van der Waals surface area contributed by atoms with Crippen molar-refractivity contribution in [2.45, 2.75) is 179 Å². The van der Waals surface area contributed by atoms with Gasteiger partial charge in [-0.2, -0.15) is 0 Å². The van der Waals surface area contributed by atoms with Crippen molar-refractivity contribution >= 4 is 0 Å². The number of hydrogen-bond donors (Lipinski definition) is 0. The molecule has 0 aromatic rings. The van der Waals surface area contributed by atoms with Gasteiger partial charge in [-0.25, -0.2) is 0 Å². The van der Waals surface area contributed by atoms with Crippen LogP contribution in [0.15, 0.2) is 48.6 Å². The predicted molar refractivity (Wildman–Crippen MR) is 182 cm³/mol. The van der Waals surface area contributed by atoms with Gasteiger partial charge in [0, 0.05) is 0 Å². The van der Waals surface area contributed by atoms with Crippen LogP contribution in [0.5, 0.6) is 0 Å². The van der Waals surface area contributed by atoms with Gasteiger partial charge in [0.25, 0.3) is 0 Å². The quantitative estimate of drug-likeness (QED) is 0.235. The van der Waals surface area contributed by atoms with E-state index in [0.717, 1.165) is 23.7 Å². The van der Waals surface area contributed by atoms with Crippen molar-refractivity contribution in [2.75, 3.05) is 0 Å². The molecule has 0 amide bonds. The van der Waals surface area contributed by atoms with Gasteiger partial charge < -0.3 is 18.9 Å². The Hall–Kier alpha value is -1.20. The van der Waals surface area contributed by atoms with E-state index < -0.39 is 0 Å². The van der Waals surface area contributed by atoms with Crippen molar-refractivity contribution in [3.63, 3.8) is 0 Å². The summed E-state index contributed by atoms with van der Waals surface area (Å²) in [4.78, 5) is 0. The van der Waals surface area contributed by atoms with E-state index in [2.05, 4.69) is 81.7 Å². The predicted octanol–water partition coefficient (Wildman–Crippen LogP) is 10.1. The van der Waals surface area contributed by atoms with Gasteiger partial charge in [0.15, 0.2) is 0 Å². The first-order valence-corrected chi connectivity index (χ1v) is 17.8. The van der Waals surface area contributed by atoms with Crippen LogP contribution in [0, 0.1) is 23.7 Å². The Morgan fingerprint density at radius 1 is 0.409 bits per heavy atom. The van der Waals surface area contributed by atoms with Crippen molar-refractivity contribution in [2.24, 2.45) is 23.7 Å². The third kappa shape index (κ3) is 7.84. The highest BCUT2D eigenvalue weighted by atomic mass is 16.6. The molecule has 4 heteroatoms. The second kappa shape index (κ2) is 12.4. The molecule has 0 bridgehead atoms. The third-order valence-corrected chi connectivity index (χ3v) is 12.9. The maximum Gasteiger partial charge on any atom is 0.0920 e. The van der Waals surface area contributed by atoms with Crippen molar-refractivity contribution in [3.8, 4) is 0 Å². The average Bonchev–Trinajstić information content (AvgIpc) is 3.83. The molecule has 44 heavy (non-hydrogen) atoms. The van der Waals surface area contributed by atoms with Gasteiger partial charge in [-0.05, 0) is 156 Å². The van der Waals surface area contributed by atoms with Gasteiger partial charge in [0.1, 0.15) is 0 Å². The topological polar surface area (TPSA) is 50.1 Å². The summed E-state index contributed by atoms with van der Waals surface area (Å²) in [6.07, 6.45) is 17.1. The van der Waals surface area contributed by atoms with Crippen LogP contribution in [0.4, 0.5) is 0 Å². The van der Waals surface area contributed by atoms with E-state index in [1.807, 2.05) is 0 Å². The molecule has 8 rings (SSSR count). The molecular formula is C40H64O4. The first-order valence-electron chi connectivity index (χ1n) is 17.8. The van der Waals surface area contributed by atoms with Gasteiger partial charge in [0.2, 0.25) is 0 Å². The van der Waals surface area contributed by atoms with Crippen LogP contribution in [-0.2, 0) is 18.9 Å². The second-order valence-electron chi connectivity index (χ2n) is 16.9. The number of epoxide rings is 4. The summed E-state index contributed by atoms with van der Waals surface area (Å²) in [5.41, 5.74) is 6.42. The van der Waals surface area contributed by atoms with Gasteiger partial charge in [-0.1, -0.05) is 48.6 Å². The standard InChI is InChI=1S/4C10H16O/c4*1-7(2)8-4-5-10(3)9(6-8)11-10/h4*8-9H,1,4-6H2,2-3H3/t2*8-,9+,10-;2*8-,9-,10+/m1010/s1. The summed E-state index contributed by atoms with van der Waals surface area (Å²) >= 11 is 0. The summed E-state index contributed by atoms with van der Waals surface area (Å²) < 4.78 is 22.4. The normalized spacial score (nSPS) is 48.2. The van der Waals surface area contributed by atoms with E-state index in [0.29, 0.717) is 24.4 Å². The zero-order chi connectivity index (χ0) is 32.2. The van der Waals surface area contributed by atoms with Crippen molar-refractivity contribution < 1.29 is 18.9 Å². The van der Waals surface area contributed by atoms with Crippen LogP contribution in [0.2, 0.25) is 0 Å². The van der Waals surface area contributed by atoms with Gasteiger partial charge in [-0.3, -0.25) is 0 Å². The molecule has 8 fully saturated rings. The molecule has 4 nitrogen and oxygen atoms in total. The molecular weight excluding hydrogens is 544 g/mol. The number of rotatable bonds is 4. The Morgan fingerprint density at radius 2 is 0.591 bits per heavy atom. The van der Waals surface area contributed by atoms with Crippen LogP contribution in [0.3, 0.4) is 0 Å². The molecule has 12 atom stereocenters. The summed E-state index contributed by atoms with van der Waals surface area (Å²) in [5.74, 6) is 2.93. The second-order valence-corrected chi connectivity index (χ2v) is 16.9. The SMILES string of the molecule is C=C(C)[C@@H]1CC[C@@]2(C)O[C@H]2C1.C=C(C)[C@@H]1CC[C@]2(C)O[C@@H]2C1.C=C(C)[C@H]1CC[C@@]2(C)O[C@H]2C1.C=C(C)[C@H]1CC[C@]2(C)O[C@@H]2C1. The van der Waals surface area contributed by atoms with Crippen LogP contribution >= 0.6 is 0 Å². The third-order valence-electron chi connectivity index (χ3n) is 12.9. The summed E-state index contributed by atoms with van der Waals surface area (Å²) in [6, 6.07) is 0. The van der Waals surface area contributed by atoms with Crippen LogP contribution in [0.25, 0.3) is 0 Å². The highest BCUT2D eigenvalue weighted by Crippen LogP contribution is 2.53. The van der Waals surface area contributed by atoms with E-state index in [-0.39, 0.29) is 22.4 Å². The molecule has 0 spiro atoms. The fraction of sp³-hybridized carbons (Fsp3) is 0.800. The molecule has 0 radical (unpaired) electrons. The Labute approximate surface area is 270 Å². The van der Waals surface area contributed by atoms with E-state index >= 15 is 0 Å². The highest BCUT2D eigenvalue weighted by Gasteiger charge is 2.57. The molecule has 0 aromatic carbocycles. The molecule has 248 valence electrons. The first-order chi connectivity index (χ1) is 20.5. The van der Waals surface area contributed by atoms with Crippen molar-refractivity contribution in [3.05, 3.63) is 48.6 Å².